The van der Waals surface area contributed by atoms with Crippen LogP contribution in [-0.4, -0.2) is 33.2 Å². The largest absolute Gasteiger partial charge is 0.508 e. The molecule has 1 saturated carbocycles. The lowest BCUT2D eigenvalue weighted by Crippen LogP contribution is -2.14. The van der Waals surface area contributed by atoms with Crippen molar-refractivity contribution in [2.24, 2.45) is 5.92 Å². The Bertz CT molecular complexity index is 606. The third-order valence-corrected chi connectivity index (χ3v) is 3.78. The van der Waals surface area contributed by atoms with Gasteiger partial charge in [0.2, 0.25) is 0 Å². The summed E-state index contributed by atoms with van der Waals surface area (Å²) in [5.74, 6) is -2.19. The molecule has 3 rings (SSSR count). The van der Waals surface area contributed by atoms with Crippen molar-refractivity contribution >= 4 is 11.8 Å². The van der Waals surface area contributed by atoms with Gasteiger partial charge >= 0.3 is 5.97 Å². The lowest BCUT2D eigenvalue weighted by molar-refractivity contribution is -0.140. The number of benzene rings is 1. The quantitative estimate of drug-likeness (QED) is 0.701. The Hall–Kier alpha value is -2.24. The van der Waals surface area contributed by atoms with E-state index in [9.17, 15) is 19.8 Å². The van der Waals surface area contributed by atoms with Gasteiger partial charge in [-0.05, 0) is 12.5 Å². The Morgan fingerprint density at radius 1 is 1.32 bits per heavy atom. The molecule has 1 aromatic carbocycles. The average molecular weight is 264 g/mol. The third kappa shape index (κ3) is 1.56. The summed E-state index contributed by atoms with van der Waals surface area (Å²) >= 11 is 0. The zero-order valence-corrected chi connectivity index (χ0v) is 10.1. The maximum absolute atomic E-state index is 11.7. The van der Waals surface area contributed by atoms with Crippen LogP contribution in [0.15, 0.2) is 6.07 Å². The first kappa shape index (κ1) is 11.8. The number of phenols is 2. The van der Waals surface area contributed by atoms with E-state index in [0.717, 1.165) is 0 Å². The van der Waals surface area contributed by atoms with Crippen LogP contribution in [0.1, 0.15) is 23.5 Å². The number of fused-ring (bicyclic) bond motifs is 3. The van der Waals surface area contributed by atoms with Gasteiger partial charge < -0.3 is 20.1 Å². The molecule has 19 heavy (non-hydrogen) atoms. The molecule has 1 heterocycles. The molecule has 1 aromatic rings. The minimum atomic E-state index is -1.16. The highest BCUT2D eigenvalue weighted by Crippen LogP contribution is 2.63. The number of rotatable bonds is 3. The smallest absolute Gasteiger partial charge is 0.310 e. The summed E-state index contributed by atoms with van der Waals surface area (Å²) in [5, 5.41) is 28.0. The number of aromatic hydroxyl groups is 2. The average Bonchev–Trinajstić information content (AvgIpc) is 2.87. The molecule has 6 heteroatoms. The molecule has 1 aliphatic carbocycles. The molecule has 100 valence electrons. The molecule has 3 atom stereocenters. The van der Waals surface area contributed by atoms with Crippen molar-refractivity contribution in [3.05, 3.63) is 17.2 Å². The van der Waals surface area contributed by atoms with E-state index in [2.05, 4.69) is 0 Å². The fourth-order valence-electron chi connectivity index (χ4n) is 2.83. The van der Waals surface area contributed by atoms with Gasteiger partial charge in [0.1, 0.15) is 18.3 Å². The molecule has 3 unspecified atom stereocenters. The van der Waals surface area contributed by atoms with Crippen LogP contribution in [0.5, 0.6) is 17.2 Å². The van der Waals surface area contributed by atoms with Gasteiger partial charge in [-0.15, -0.1) is 0 Å². The summed E-state index contributed by atoms with van der Waals surface area (Å²) in [7, 11) is 0. The molecular weight excluding hydrogens is 252 g/mol. The number of ketones is 1. The van der Waals surface area contributed by atoms with Crippen molar-refractivity contribution in [1.29, 1.82) is 0 Å². The van der Waals surface area contributed by atoms with Crippen molar-refractivity contribution in [3.8, 4) is 17.2 Å². The second-order valence-electron chi connectivity index (χ2n) is 4.95. The topological polar surface area (TPSA) is 104 Å². The van der Waals surface area contributed by atoms with Gasteiger partial charge in [-0.25, -0.2) is 0 Å². The summed E-state index contributed by atoms with van der Waals surface area (Å²) in [4.78, 5) is 22.3. The summed E-state index contributed by atoms with van der Waals surface area (Å²) in [5.41, 5.74) is 1.18. The Balaban J connectivity index is 1.93. The van der Waals surface area contributed by atoms with Gasteiger partial charge in [0.05, 0.1) is 5.92 Å². The predicted molar refractivity (Wildman–Crippen MR) is 62.4 cm³/mol. The van der Waals surface area contributed by atoms with Crippen molar-refractivity contribution in [3.63, 3.8) is 0 Å². The van der Waals surface area contributed by atoms with Gasteiger partial charge in [0.15, 0.2) is 17.3 Å². The fourth-order valence-corrected chi connectivity index (χ4v) is 2.83. The first-order valence-corrected chi connectivity index (χ1v) is 5.88. The number of carboxylic acids is 1. The Kier molecular flexibility index (Phi) is 2.26. The predicted octanol–water partition coefficient (Wildman–Crippen LogP) is 0.924. The van der Waals surface area contributed by atoms with E-state index in [0.29, 0.717) is 16.9 Å². The summed E-state index contributed by atoms with van der Waals surface area (Å²) in [6, 6.07) is 1.20. The number of aliphatic carboxylic acids is 1. The molecule has 0 amide bonds. The number of hydrogen-bond donors (Lipinski definition) is 3. The molecule has 0 aromatic heterocycles. The lowest BCUT2D eigenvalue weighted by atomic mass is 9.99. The number of carbonyl (C=O) groups excluding carboxylic acids is 1. The molecular formula is C13H12O6. The van der Waals surface area contributed by atoms with Crippen LogP contribution in [0.25, 0.3) is 0 Å². The van der Waals surface area contributed by atoms with E-state index in [-0.39, 0.29) is 23.2 Å². The molecule has 0 radical (unpaired) electrons. The van der Waals surface area contributed by atoms with E-state index in [1.807, 2.05) is 0 Å². The minimum absolute atomic E-state index is 0.0585. The molecule has 0 saturated heterocycles. The minimum Gasteiger partial charge on any atom is -0.508 e. The molecule has 0 spiro atoms. The standard InChI is InChI=1S/C13H12O6/c1-4-5(14)2-7(16)12-9(4)11-10(13(11)19-12)6(15)3-8(17)18/h2,10-11,13-14,16H,3H2,1H3,(H,17,18). The van der Waals surface area contributed by atoms with Gasteiger partial charge in [0, 0.05) is 17.5 Å². The second-order valence-corrected chi connectivity index (χ2v) is 4.95. The zero-order chi connectivity index (χ0) is 13.9. The Labute approximate surface area is 108 Å². The van der Waals surface area contributed by atoms with Crippen molar-refractivity contribution < 1.29 is 29.6 Å². The zero-order valence-electron chi connectivity index (χ0n) is 10.1. The van der Waals surface area contributed by atoms with E-state index < -0.39 is 24.4 Å². The molecule has 1 aliphatic heterocycles. The van der Waals surface area contributed by atoms with Crippen molar-refractivity contribution in [2.45, 2.75) is 25.4 Å². The SMILES string of the molecule is Cc1c(O)cc(O)c2c1C1C(O2)C1C(=O)CC(=O)O. The van der Waals surface area contributed by atoms with Crippen molar-refractivity contribution in [2.75, 3.05) is 0 Å². The maximum Gasteiger partial charge on any atom is 0.310 e. The number of phenolic OH excluding ortho intramolecular Hbond substituents is 2. The summed E-state index contributed by atoms with van der Waals surface area (Å²) in [6.07, 6.45) is -0.937. The lowest BCUT2D eigenvalue weighted by Gasteiger charge is -2.12. The number of Topliss-reactive ketones (excluding diaryl/α,β-unsaturated/α-hetero) is 1. The molecule has 0 bridgehead atoms. The second kappa shape index (κ2) is 3.63. The summed E-state index contributed by atoms with van der Waals surface area (Å²) < 4.78 is 5.49. The number of ether oxygens (including phenoxy) is 1. The van der Waals surface area contributed by atoms with Gasteiger partial charge in [-0.1, -0.05) is 0 Å². The van der Waals surface area contributed by atoms with E-state index in [1.54, 1.807) is 6.92 Å². The van der Waals surface area contributed by atoms with E-state index in [1.165, 1.54) is 6.07 Å². The highest BCUT2D eigenvalue weighted by atomic mass is 16.5. The van der Waals surface area contributed by atoms with E-state index >= 15 is 0 Å². The number of hydrogen-bond acceptors (Lipinski definition) is 5. The van der Waals surface area contributed by atoms with Crippen LogP contribution < -0.4 is 4.74 Å². The van der Waals surface area contributed by atoms with Crippen LogP contribution in [0.3, 0.4) is 0 Å². The summed E-state index contributed by atoms with van der Waals surface area (Å²) in [6.45, 7) is 1.68. The Morgan fingerprint density at radius 2 is 2.00 bits per heavy atom. The van der Waals surface area contributed by atoms with Gasteiger partial charge in [-0.3, -0.25) is 9.59 Å². The van der Waals surface area contributed by atoms with Gasteiger partial charge in [0.25, 0.3) is 0 Å². The first-order chi connectivity index (χ1) is 8.91. The number of carboxylic acid groups (broad SMARTS) is 1. The molecule has 3 N–H and O–H groups in total. The van der Waals surface area contributed by atoms with Crippen LogP contribution in [0, 0.1) is 12.8 Å². The normalized spacial score (nSPS) is 26.3. The van der Waals surface area contributed by atoms with Crippen LogP contribution in [-0.2, 0) is 9.59 Å². The molecule has 6 nitrogen and oxygen atoms in total. The fraction of sp³-hybridized carbons (Fsp3) is 0.385. The third-order valence-electron chi connectivity index (χ3n) is 3.78. The Morgan fingerprint density at radius 3 is 2.63 bits per heavy atom. The molecule has 2 aliphatic rings. The number of carbonyl (C=O) groups is 2. The van der Waals surface area contributed by atoms with Crippen molar-refractivity contribution in [1.82, 2.24) is 0 Å². The monoisotopic (exact) mass is 264 g/mol. The highest BCUT2D eigenvalue weighted by molar-refractivity contribution is 5.99. The highest BCUT2D eigenvalue weighted by Gasteiger charge is 2.63. The molecule has 1 fully saturated rings. The first-order valence-electron chi connectivity index (χ1n) is 5.88. The van der Waals surface area contributed by atoms with Crippen LogP contribution >= 0.6 is 0 Å². The van der Waals surface area contributed by atoms with Crippen LogP contribution in [0.2, 0.25) is 0 Å². The van der Waals surface area contributed by atoms with E-state index in [4.69, 9.17) is 9.84 Å². The van der Waals surface area contributed by atoms with Gasteiger partial charge in [-0.2, -0.15) is 0 Å². The van der Waals surface area contributed by atoms with Crippen LogP contribution in [0.4, 0.5) is 0 Å². The maximum atomic E-state index is 11.7.